The fourth-order valence-electron chi connectivity index (χ4n) is 2.27. The highest BCUT2D eigenvalue weighted by Gasteiger charge is 2.28. The van der Waals surface area contributed by atoms with Crippen LogP contribution in [0.25, 0.3) is 0 Å². The molecule has 0 saturated carbocycles. The number of fused-ring (bicyclic) bond motifs is 1. The van der Waals surface area contributed by atoms with Crippen LogP contribution < -0.4 is 9.47 Å². The molecular weight excluding hydrogens is 320 g/mol. The average Bonchev–Trinajstić information content (AvgIpc) is 2.59. The Morgan fingerprint density at radius 3 is 2.33 bits per heavy atom. The molecule has 0 bridgehead atoms. The molecule has 1 aromatic carbocycles. The molecule has 0 atom stereocenters. The number of benzene rings is 1. The number of nitro groups is 1. The molecule has 130 valence electrons. The molecule has 1 aromatic rings. The first kappa shape index (κ1) is 17.5. The van der Waals surface area contributed by atoms with Crippen LogP contribution in [-0.4, -0.2) is 54.6 Å². The van der Waals surface area contributed by atoms with E-state index in [1.165, 1.54) is 11.0 Å². The second-order valence-corrected chi connectivity index (χ2v) is 4.91. The van der Waals surface area contributed by atoms with E-state index in [1.54, 1.807) is 13.8 Å². The largest absolute Gasteiger partial charge is 0.486 e. The number of esters is 1. The minimum Gasteiger partial charge on any atom is -0.486 e. The normalized spacial score (nSPS) is 12.4. The first-order valence-electron chi connectivity index (χ1n) is 7.50. The third kappa shape index (κ3) is 3.73. The molecule has 2 rings (SSSR count). The summed E-state index contributed by atoms with van der Waals surface area (Å²) in [5, 5.41) is 11.2. The van der Waals surface area contributed by atoms with E-state index < -0.39 is 23.2 Å². The molecule has 24 heavy (non-hydrogen) atoms. The lowest BCUT2D eigenvalue weighted by atomic mass is 10.1. The number of hydrogen-bond acceptors (Lipinski definition) is 7. The molecule has 0 radical (unpaired) electrons. The highest BCUT2D eigenvalue weighted by molar-refractivity contribution is 5.96. The molecule has 9 nitrogen and oxygen atoms in total. The zero-order valence-corrected chi connectivity index (χ0v) is 13.4. The van der Waals surface area contributed by atoms with Gasteiger partial charge in [-0.3, -0.25) is 14.9 Å². The van der Waals surface area contributed by atoms with Crippen LogP contribution in [0.1, 0.15) is 24.2 Å². The van der Waals surface area contributed by atoms with Crippen molar-refractivity contribution in [2.24, 2.45) is 0 Å². The van der Waals surface area contributed by atoms with Crippen LogP contribution in [-0.2, 0) is 9.53 Å². The third-order valence-corrected chi connectivity index (χ3v) is 3.52. The highest BCUT2D eigenvalue weighted by Crippen LogP contribution is 2.36. The lowest BCUT2D eigenvalue weighted by Gasteiger charge is -2.19. The van der Waals surface area contributed by atoms with Crippen molar-refractivity contribution in [3.05, 3.63) is 27.8 Å². The quantitative estimate of drug-likeness (QED) is 0.438. The number of carbonyl (C=O) groups is 2. The van der Waals surface area contributed by atoms with Gasteiger partial charge < -0.3 is 19.1 Å². The lowest BCUT2D eigenvalue weighted by molar-refractivity contribution is -0.385. The fraction of sp³-hybridized carbons (Fsp3) is 0.467. The van der Waals surface area contributed by atoms with Crippen molar-refractivity contribution in [2.75, 3.05) is 32.9 Å². The number of hydrogen-bond donors (Lipinski definition) is 0. The van der Waals surface area contributed by atoms with E-state index in [9.17, 15) is 19.7 Å². The van der Waals surface area contributed by atoms with Gasteiger partial charge in [0.1, 0.15) is 18.8 Å². The van der Waals surface area contributed by atoms with Gasteiger partial charge >= 0.3 is 5.97 Å². The topological polar surface area (TPSA) is 108 Å². The van der Waals surface area contributed by atoms with E-state index in [2.05, 4.69) is 0 Å². The maximum Gasteiger partial charge on any atom is 0.345 e. The molecule has 1 aliphatic rings. The van der Waals surface area contributed by atoms with Crippen LogP contribution in [0.3, 0.4) is 0 Å². The standard InChI is InChI=1S/C15H18N2O7/c1-3-16(4-2)14(18)9-24-15(19)10-7-12-13(23-6-5-22-12)8-11(10)17(20)21/h7-8H,3-6,9H2,1-2H3. The van der Waals surface area contributed by atoms with Crippen molar-refractivity contribution in [2.45, 2.75) is 13.8 Å². The van der Waals surface area contributed by atoms with Gasteiger partial charge in [0.05, 0.1) is 11.0 Å². The Morgan fingerprint density at radius 2 is 1.79 bits per heavy atom. The van der Waals surface area contributed by atoms with Crippen LogP contribution in [0, 0.1) is 10.1 Å². The monoisotopic (exact) mass is 338 g/mol. The first-order chi connectivity index (χ1) is 11.5. The predicted octanol–water partition coefficient (Wildman–Crippen LogP) is 1.39. The molecule has 1 amide bonds. The Labute approximate surface area is 138 Å². The number of rotatable bonds is 6. The summed E-state index contributed by atoms with van der Waals surface area (Å²) in [5.74, 6) is -0.898. The van der Waals surface area contributed by atoms with Gasteiger partial charge in [-0.25, -0.2) is 4.79 Å². The van der Waals surface area contributed by atoms with Gasteiger partial charge in [0, 0.05) is 19.2 Å². The molecule has 0 N–H and O–H groups in total. The fourth-order valence-corrected chi connectivity index (χ4v) is 2.27. The minimum atomic E-state index is -0.959. The van der Waals surface area contributed by atoms with Gasteiger partial charge in [-0.2, -0.15) is 0 Å². The molecule has 0 aliphatic carbocycles. The van der Waals surface area contributed by atoms with Crippen molar-refractivity contribution in [1.82, 2.24) is 4.90 Å². The molecule has 9 heteroatoms. The Kier molecular flexibility index (Phi) is 5.56. The second kappa shape index (κ2) is 7.62. The minimum absolute atomic E-state index is 0.198. The van der Waals surface area contributed by atoms with Gasteiger partial charge in [0.25, 0.3) is 11.6 Å². The Bertz CT molecular complexity index is 655. The number of nitro benzene ring substituents is 1. The molecule has 0 spiro atoms. The van der Waals surface area contributed by atoms with Gasteiger partial charge in [0.2, 0.25) is 0 Å². The number of amides is 1. The molecule has 0 unspecified atom stereocenters. The summed E-state index contributed by atoms with van der Waals surface area (Å²) >= 11 is 0. The third-order valence-electron chi connectivity index (χ3n) is 3.52. The van der Waals surface area contributed by atoms with Crippen LogP contribution in [0.4, 0.5) is 5.69 Å². The number of likely N-dealkylation sites (N-methyl/N-ethyl adjacent to an activating group) is 1. The van der Waals surface area contributed by atoms with E-state index in [1.807, 2.05) is 0 Å². The molecular formula is C15H18N2O7. The second-order valence-electron chi connectivity index (χ2n) is 4.91. The van der Waals surface area contributed by atoms with E-state index in [0.717, 1.165) is 6.07 Å². The maximum atomic E-state index is 12.2. The van der Waals surface area contributed by atoms with Crippen molar-refractivity contribution in [3.8, 4) is 11.5 Å². The Hall–Kier alpha value is -2.84. The summed E-state index contributed by atoms with van der Waals surface area (Å²) in [5.41, 5.74) is -0.740. The van der Waals surface area contributed by atoms with Crippen molar-refractivity contribution in [3.63, 3.8) is 0 Å². The van der Waals surface area contributed by atoms with Crippen LogP contribution in [0.5, 0.6) is 11.5 Å². The number of carbonyl (C=O) groups excluding carboxylic acids is 2. The van der Waals surface area contributed by atoms with Crippen LogP contribution in [0.2, 0.25) is 0 Å². The molecule has 0 saturated heterocycles. The lowest BCUT2D eigenvalue weighted by Crippen LogP contribution is -2.34. The van der Waals surface area contributed by atoms with Gasteiger partial charge in [-0.05, 0) is 13.8 Å². The summed E-state index contributed by atoms with van der Waals surface area (Å²) in [6.45, 7) is 4.63. The molecule has 1 heterocycles. The predicted molar refractivity (Wildman–Crippen MR) is 82.3 cm³/mol. The molecule has 1 aliphatic heterocycles. The first-order valence-corrected chi connectivity index (χ1v) is 7.50. The average molecular weight is 338 g/mol. The summed E-state index contributed by atoms with van der Waals surface area (Å²) in [6, 6.07) is 2.33. The van der Waals surface area contributed by atoms with Crippen LogP contribution >= 0.6 is 0 Å². The van der Waals surface area contributed by atoms with Gasteiger partial charge in [0.15, 0.2) is 18.1 Å². The highest BCUT2D eigenvalue weighted by atomic mass is 16.6. The SMILES string of the molecule is CCN(CC)C(=O)COC(=O)c1cc2c(cc1[N+](=O)[O-])OCCO2. The summed E-state index contributed by atoms with van der Waals surface area (Å²) in [6.07, 6.45) is 0. The Morgan fingerprint density at radius 1 is 1.21 bits per heavy atom. The Balaban J connectivity index is 2.19. The van der Waals surface area contributed by atoms with E-state index in [-0.39, 0.29) is 36.2 Å². The van der Waals surface area contributed by atoms with E-state index in [4.69, 9.17) is 14.2 Å². The van der Waals surface area contributed by atoms with Gasteiger partial charge in [-0.15, -0.1) is 0 Å². The van der Waals surface area contributed by atoms with E-state index in [0.29, 0.717) is 13.1 Å². The van der Waals surface area contributed by atoms with Crippen molar-refractivity contribution >= 4 is 17.6 Å². The zero-order chi connectivity index (χ0) is 17.7. The van der Waals surface area contributed by atoms with E-state index >= 15 is 0 Å². The van der Waals surface area contributed by atoms with Crippen molar-refractivity contribution < 1.29 is 28.7 Å². The summed E-state index contributed by atoms with van der Waals surface area (Å²) < 4.78 is 15.5. The van der Waals surface area contributed by atoms with Crippen LogP contribution in [0.15, 0.2) is 12.1 Å². The zero-order valence-electron chi connectivity index (χ0n) is 13.4. The number of nitrogens with zero attached hydrogens (tertiary/aromatic N) is 2. The summed E-state index contributed by atoms with van der Waals surface area (Å²) in [7, 11) is 0. The van der Waals surface area contributed by atoms with Crippen molar-refractivity contribution in [1.29, 1.82) is 0 Å². The molecule has 0 aromatic heterocycles. The maximum absolute atomic E-state index is 12.2. The van der Waals surface area contributed by atoms with Gasteiger partial charge in [-0.1, -0.05) is 0 Å². The molecule has 0 fully saturated rings. The smallest absolute Gasteiger partial charge is 0.345 e. The summed E-state index contributed by atoms with van der Waals surface area (Å²) in [4.78, 5) is 36.0. The number of ether oxygens (including phenoxy) is 3.